The number of aromatic nitrogens is 2. The average molecular weight is 266 g/mol. The molecule has 0 saturated carbocycles. The minimum atomic E-state index is -0.843. The lowest BCUT2D eigenvalue weighted by Gasteiger charge is -2.26. The van der Waals surface area contributed by atoms with Gasteiger partial charge < -0.3 is 20.9 Å². The van der Waals surface area contributed by atoms with Crippen LogP contribution in [0.15, 0.2) is 6.07 Å². The number of anilines is 2. The monoisotopic (exact) mass is 266 g/mol. The molecule has 0 aromatic carbocycles. The van der Waals surface area contributed by atoms with Crippen LogP contribution in [0.25, 0.3) is 0 Å². The standard InChI is InChI=1S/C13H22N4O2/c1-3-4-11-16-10(14)7-12(17-11)15-8-13(18)5-6-19-9(13)2/h7,9,18H,3-6,8H2,1-2H3,(H3,14,15,16,17). The lowest BCUT2D eigenvalue weighted by atomic mass is 9.97. The van der Waals surface area contributed by atoms with E-state index >= 15 is 0 Å². The SMILES string of the molecule is CCCc1nc(N)cc(NCC2(O)CCOC2C)n1. The van der Waals surface area contributed by atoms with Crippen molar-refractivity contribution in [2.45, 2.75) is 44.8 Å². The maximum absolute atomic E-state index is 10.4. The second-order valence-corrected chi connectivity index (χ2v) is 5.06. The van der Waals surface area contributed by atoms with E-state index in [2.05, 4.69) is 22.2 Å². The van der Waals surface area contributed by atoms with Gasteiger partial charge in [-0.05, 0) is 13.3 Å². The van der Waals surface area contributed by atoms with Gasteiger partial charge in [-0.25, -0.2) is 9.97 Å². The molecule has 1 aromatic rings. The summed E-state index contributed by atoms with van der Waals surface area (Å²) in [7, 11) is 0. The van der Waals surface area contributed by atoms with Crippen molar-refractivity contribution in [2.24, 2.45) is 0 Å². The summed E-state index contributed by atoms with van der Waals surface area (Å²) in [5.74, 6) is 1.83. The van der Waals surface area contributed by atoms with Gasteiger partial charge in [0.25, 0.3) is 0 Å². The number of hydrogen-bond donors (Lipinski definition) is 3. The van der Waals surface area contributed by atoms with Crippen LogP contribution in [0.4, 0.5) is 11.6 Å². The Labute approximate surface area is 113 Å². The lowest BCUT2D eigenvalue weighted by Crippen LogP contribution is -2.43. The molecule has 2 heterocycles. The molecule has 1 saturated heterocycles. The Morgan fingerprint density at radius 3 is 3.00 bits per heavy atom. The fourth-order valence-corrected chi connectivity index (χ4v) is 2.19. The molecule has 2 atom stereocenters. The first-order valence-electron chi connectivity index (χ1n) is 6.75. The summed E-state index contributed by atoms with van der Waals surface area (Å²) in [4.78, 5) is 8.56. The number of ether oxygens (including phenoxy) is 1. The summed E-state index contributed by atoms with van der Waals surface area (Å²) in [5.41, 5.74) is 4.91. The van der Waals surface area contributed by atoms with Crippen LogP contribution in [0.1, 0.15) is 32.5 Å². The van der Waals surface area contributed by atoms with E-state index in [4.69, 9.17) is 10.5 Å². The zero-order valence-electron chi connectivity index (χ0n) is 11.5. The number of nitrogen functional groups attached to an aromatic ring is 1. The topological polar surface area (TPSA) is 93.3 Å². The number of nitrogens with zero attached hydrogens (tertiary/aromatic N) is 2. The first-order chi connectivity index (χ1) is 9.03. The van der Waals surface area contributed by atoms with Crippen molar-refractivity contribution < 1.29 is 9.84 Å². The lowest BCUT2D eigenvalue weighted by molar-refractivity contribution is -0.0176. The quantitative estimate of drug-likeness (QED) is 0.735. The van der Waals surface area contributed by atoms with Gasteiger partial charge in [-0.2, -0.15) is 0 Å². The Hall–Kier alpha value is -1.40. The number of aryl methyl sites for hydroxylation is 1. The van der Waals surface area contributed by atoms with Gasteiger partial charge in [0.1, 0.15) is 23.1 Å². The van der Waals surface area contributed by atoms with Crippen LogP contribution in [-0.4, -0.2) is 39.9 Å². The van der Waals surface area contributed by atoms with E-state index in [1.807, 2.05) is 6.92 Å². The van der Waals surface area contributed by atoms with Crippen LogP contribution in [0.5, 0.6) is 0 Å². The van der Waals surface area contributed by atoms with Crippen LogP contribution in [-0.2, 0) is 11.2 Å². The van der Waals surface area contributed by atoms with Crippen molar-refractivity contribution in [3.8, 4) is 0 Å². The molecule has 1 aliphatic rings. The van der Waals surface area contributed by atoms with E-state index in [-0.39, 0.29) is 6.10 Å². The van der Waals surface area contributed by atoms with E-state index in [0.29, 0.717) is 31.2 Å². The zero-order valence-corrected chi connectivity index (χ0v) is 11.5. The maximum Gasteiger partial charge on any atom is 0.133 e. The molecule has 1 aliphatic heterocycles. The molecule has 6 heteroatoms. The van der Waals surface area contributed by atoms with Crippen LogP contribution in [0.3, 0.4) is 0 Å². The smallest absolute Gasteiger partial charge is 0.133 e. The van der Waals surface area contributed by atoms with E-state index in [0.717, 1.165) is 18.7 Å². The highest BCUT2D eigenvalue weighted by Crippen LogP contribution is 2.26. The molecule has 106 valence electrons. The fourth-order valence-electron chi connectivity index (χ4n) is 2.19. The first-order valence-corrected chi connectivity index (χ1v) is 6.75. The second kappa shape index (κ2) is 5.71. The Morgan fingerprint density at radius 1 is 1.58 bits per heavy atom. The third-order valence-electron chi connectivity index (χ3n) is 3.50. The predicted molar refractivity (Wildman–Crippen MR) is 73.9 cm³/mol. The molecule has 6 nitrogen and oxygen atoms in total. The van der Waals surface area contributed by atoms with Crippen LogP contribution in [0.2, 0.25) is 0 Å². The first kappa shape index (κ1) is 14.0. The van der Waals surface area contributed by atoms with Crippen molar-refractivity contribution in [3.63, 3.8) is 0 Å². The van der Waals surface area contributed by atoms with Crippen molar-refractivity contribution in [1.82, 2.24) is 9.97 Å². The third-order valence-corrected chi connectivity index (χ3v) is 3.50. The van der Waals surface area contributed by atoms with Gasteiger partial charge in [-0.15, -0.1) is 0 Å². The molecule has 0 spiro atoms. The minimum absolute atomic E-state index is 0.172. The van der Waals surface area contributed by atoms with Gasteiger partial charge in [0.15, 0.2) is 0 Å². The van der Waals surface area contributed by atoms with Crippen molar-refractivity contribution >= 4 is 11.6 Å². The number of nitrogens with one attached hydrogen (secondary N) is 1. The number of hydrogen-bond acceptors (Lipinski definition) is 6. The molecule has 19 heavy (non-hydrogen) atoms. The van der Waals surface area contributed by atoms with Crippen LogP contribution >= 0.6 is 0 Å². The predicted octanol–water partition coefficient (Wildman–Crippen LogP) is 0.963. The Morgan fingerprint density at radius 2 is 2.37 bits per heavy atom. The molecule has 1 fully saturated rings. The molecule has 2 unspecified atom stereocenters. The molecule has 4 N–H and O–H groups in total. The maximum atomic E-state index is 10.4. The van der Waals surface area contributed by atoms with Gasteiger partial charge in [0, 0.05) is 32.1 Å². The third kappa shape index (κ3) is 3.33. The highest BCUT2D eigenvalue weighted by molar-refractivity contribution is 5.45. The van der Waals surface area contributed by atoms with Gasteiger partial charge in [-0.1, -0.05) is 6.92 Å². The van der Waals surface area contributed by atoms with Crippen molar-refractivity contribution in [2.75, 3.05) is 24.2 Å². The number of nitrogens with two attached hydrogens (primary N) is 1. The number of aliphatic hydroxyl groups is 1. The van der Waals surface area contributed by atoms with E-state index in [9.17, 15) is 5.11 Å². The summed E-state index contributed by atoms with van der Waals surface area (Å²) in [6.07, 6.45) is 2.22. The van der Waals surface area contributed by atoms with E-state index < -0.39 is 5.60 Å². The molecule has 0 amide bonds. The van der Waals surface area contributed by atoms with Gasteiger partial charge in [0.05, 0.1) is 6.10 Å². The Kier molecular flexibility index (Phi) is 4.21. The molecule has 0 aliphatic carbocycles. The van der Waals surface area contributed by atoms with E-state index in [1.54, 1.807) is 6.07 Å². The molecular weight excluding hydrogens is 244 g/mol. The molecule has 0 radical (unpaired) electrons. The summed E-state index contributed by atoms with van der Waals surface area (Å²) < 4.78 is 5.40. The molecule has 2 rings (SSSR count). The average Bonchev–Trinajstić information content (AvgIpc) is 2.68. The largest absolute Gasteiger partial charge is 0.385 e. The summed E-state index contributed by atoms with van der Waals surface area (Å²) in [6.45, 7) is 4.94. The molecule has 1 aromatic heterocycles. The Bertz CT molecular complexity index is 441. The van der Waals surface area contributed by atoms with Crippen molar-refractivity contribution in [3.05, 3.63) is 11.9 Å². The van der Waals surface area contributed by atoms with Crippen LogP contribution in [0, 0.1) is 0 Å². The highest BCUT2D eigenvalue weighted by atomic mass is 16.5. The van der Waals surface area contributed by atoms with Gasteiger partial charge in [-0.3, -0.25) is 0 Å². The highest BCUT2D eigenvalue weighted by Gasteiger charge is 2.39. The normalized spacial score (nSPS) is 26.6. The number of rotatable bonds is 5. The van der Waals surface area contributed by atoms with Gasteiger partial charge in [0.2, 0.25) is 0 Å². The van der Waals surface area contributed by atoms with Crippen LogP contribution < -0.4 is 11.1 Å². The fraction of sp³-hybridized carbons (Fsp3) is 0.692. The zero-order chi connectivity index (χ0) is 13.9. The minimum Gasteiger partial charge on any atom is -0.385 e. The van der Waals surface area contributed by atoms with E-state index in [1.165, 1.54) is 0 Å². The molecule has 0 bridgehead atoms. The summed E-state index contributed by atoms with van der Waals surface area (Å²) >= 11 is 0. The summed E-state index contributed by atoms with van der Waals surface area (Å²) in [6, 6.07) is 1.68. The Balaban J connectivity index is 2.03. The molecular formula is C13H22N4O2. The van der Waals surface area contributed by atoms with Gasteiger partial charge >= 0.3 is 0 Å². The second-order valence-electron chi connectivity index (χ2n) is 5.06. The summed E-state index contributed by atoms with van der Waals surface area (Å²) in [5, 5.41) is 13.5. The van der Waals surface area contributed by atoms with Crippen molar-refractivity contribution in [1.29, 1.82) is 0 Å².